The number of nitrogens with two attached hydrogens (primary N) is 1. The summed E-state index contributed by atoms with van der Waals surface area (Å²) in [6.45, 7) is 1.87. The number of carbonyl (C=O) groups is 1. The van der Waals surface area contributed by atoms with Gasteiger partial charge in [0.15, 0.2) is 0 Å². The molecule has 0 heterocycles. The highest BCUT2D eigenvalue weighted by Crippen LogP contribution is 2.14. The van der Waals surface area contributed by atoms with E-state index in [4.69, 9.17) is 10.5 Å². The first-order chi connectivity index (χ1) is 10.5. The first kappa shape index (κ1) is 15.9. The van der Waals surface area contributed by atoms with Crippen LogP contribution in [-0.2, 0) is 11.4 Å². The Morgan fingerprint density at radius 2 is 2.05 bits per heavy atom. The van der Waals surface area contributed by atoms with E-state index in [1.807, 2.05) is 0 Å². The van der Waals surface area contributed by atoms with Gasteiger partial charge in [-0.05, 0) is 54.4 Å². The van der Waals surface area contributed by atoms with E-state index < -0.39 is 6.04 Å². The van der Waals surface area contributed by atoms with Gasteiger partial charge in [-0.1, -0.05) is 12.1 Å². The molecule has 0 fully saturated rings. The van der Waals surface area contributed by atoms with Gasteiger partial charge in [0.25, 0.3) is 5.91 Å². The van der Waals surface area contributed by atoms with Gasteiger partial charge in [0.1, 0.15) is 18.2 Å². The molecular formula is C17H17FN2O2. The van der Waals surface area contributed by atoms with Crippen LogP contribution in [0.1, 0.15) is 18.1 Å². The maximum absolute atomic E-state index is 13.0. The second-order valence-electron chi connectivity index (χ2n) is 4.87. The molecule has 0 aromatic heterocycles. The van der Waals surface area contributed by atoms with Crippen LogP contribution in [0.25, 0.3) is 0 Å². The molecule has 22 heavy (non-hydrogen) atoms. The molecule has 1 amide bonds. The number of carbonyl (C=O) groups excluding carboxylic acids is 1. The van der Waals surface area contributed by atoms with E-state index in [1.165, 1.54) is 18.3 Å². The number of rotatable bonds is 5. The molecule has 0 unspecified atom stereocenters. The van der Waals surface area contributed by atoms with Crippen molar-refractivity contribution >= 4 is 12.1 Å². The molecule has 1 atom stereocenters. The van der Waals surface area contributed by atoms with Crippen molar-refractivity contribution in [2.45, 2.75) is 19.6 Å². The highest BCUT2D eigenvalue weighted by molar-refractivity contribution is 5.94. The number of hydrogen-bond acceptors (Lipinski definition) is 3. The lowest BCUT2D eigenvalue weighted by atomic mass is 10.2. The zero-order valence-corrected chi connectivity index (χ0v) is 12.2. The van der Waals surface area contributed by atoms with Gasteiger partial charge in [-0.15, -0.1) is 0 Å². The Hall–Kier alpha value is -2.53. The van der Waals surface area contributed by atoms with Crippen LogP contribution in [0.15, 0.2) is 53.5 Å². The summed E-state index contributed by atoms with van der Waals surface area (Å²) < 4.78 is 18.6. The van der Waals surface area contributed by atoms with Crippen LogP contribution < -0.4 is 10.5 Å². The van der Waals surface area contributed by atoms with E-state index in [0.717, 1.165) is 11.1 Å². The molecule has 2 rings (SSSR count). The molecule has 2 N–H and O–H groups in total. The van der Waals surface area contributed by atoms with Gasteiger partial charge in [-0.3, -0.25) is 4.79 Å². The van der Waals surface area contributed by atoms with E-state index in [1.54, 1.807) is 43.3 Å². The molecular weight excluding hydrogens is 283 g/mol. The first-order valence-electron chi connectivity index (χ1n) is 6.85. The van der Waals surface area contributed by atoms with E-state index in [2.05, 4.69) is 4.99 Å². The highest BCUT2D eigenvalue weighted by atomic mass is 19.1. The van der Waals surface area contributed by atoms with Crippen LogP contribution in [0.5, 0.6) is 5.75 Å². The maximum Gasteiger partial charge on any atom is 0.262 e. The van der Waals surface area contributed by atoms with Crippen LogP contribution >= 0.6 is 0 Å². The molecule has 0 bridgehead atoms. The second-order valence-corrected chi connectivity index (χ2v) is 4.87. The highest BCUT2D eigenvalue weighted by Gasteiger charge is 2.03. The maximum atomic E-state index is 13.0. The van der Waals surface area contributed by atoms with Gasteiger partial charge in [-0.25, -0.2) is 9.38 Å². The molecule has 5 heteroatoms. The summed E-state index contributed by atoms with van der Waals surface area (Å²) >= 11 is 0. The fraction of sp³-hybridized carbons (Fsp3) is 0.176. The molecule has 0 radical (unpaired) electrons. The van der Waals surface area contributed by atoms with Crippen LogP contribution in [-0.4, -0.2) is 18.2 Å². The Morgan fingerprint density at radius 1 is 1.32 bits per heavy atom. The summed E-state index contributed by atoms with van der Waals surface area (Å²) in [4.78, 5) is 15.0. The number of halogens is 1. The number of ether oxygens (including phenoxy) is 1. The molecule has 0 aliphatic rings. The number of amides is 1. The average molecular weight is 300 g/mol. The van der Waals surface area contributed by atoms with Crippen molar-refractivity contribution < 1.29 is 13.9 Å². The standard InChI is InChI=1S/C17H17FN2O2/c1-12(19)17(21)20-10-13-5-7-16(8-6-13)22-11-14-3-2-4-15(18)9-14/h2-10,12H,11,19H2,1H3/t12-/m0/s1. The van der Waals surface area contributed by atoms with Crippen molar-refractivity contribution in [3.63, 3.8) is 0 Å². The summed E-state index contributed by atoms with van der Waals surface area (Å²) in [5, 5.41) is 0. The third-order valence-corrected chi connectivity index (χ3v) is 2.91. The average Bonchev–Trinajstić information content (AvgIpc) is 2.51. The fourth-order valence-corrected chi connectivity index (χ4v) is 1.70. The second kappa shape index (κ2) is 7.47. The molecule has 114 valence electrons. The SMILES string of the molecule is C[C@H](N)C(=O)N=Cc1ccc(OCc2cccc(F)c2)cc1. The minimum absolute atomic E-state index is 0.286. The zero-order valence-electron chi connectivity index (χ0n) is 12.2. The van der Waals surface area contributed by atoms with Gasteiger partial charge in [0.05, 0.1) is 6.04 Å². The van der Waals surface area contributed by atoms with Crippen LogP contribution in [0.2, 0.25) is 0 Å². The normalized spacial score (nSPS) is 12.3. The Labute approximate surface area is 128 Å². The predicted octanol–water partition coefficient (Wildman–Crippen LogP) is 2.70. The fourth-order valence-electron chi connectivity index (χ4n) is 1.70. The zero-order chi connectivity index (χ0) is 15.9. The third kappa shape index (κ3) is 4.79. The minimum Gasteiger partial charge on any atom is -0.489 e. The molecule has 4 nitrogen and oxygen atoms in total. The Bertz CT molecular complexity index is 667. The lowest BCUT2D eigenvalue weighted by Gasteiger charge is -2.06. The van der Waals surface area contributed by atoms with Crippen molar-refractivity contribution in [2.75, 3.05) is 0 Å². The Morgan fingerprint density at radius 3 is 2.68 bits per heavy atom. The predicted molar refractivity (Wildman–Crippen MR) is 83.4 cm³/mol. The molecule has 2 aromatic rings. The first-order valence-corrected chi connectivity index (χ1v) is 6.85. The Kier molecular flexibility index (Phi) is 5.38. The van der Waals surface area contributed by atoms with Crippen molar-refractivity contribution in [1.82, 2.24) is 0 Å². The van der Waals surface area contributed by atoms with Crippen molar-refractivity contribution in [1.29, 1.82) is 0 Å². The molecule has 0 aliphatic heterocycles. The Balaban J connectivity index is 1.93. The lowest BCUT2D eigenvalue weighted by Crippen LogP contribution is -2.24. The summed E-state index contributed by atoms with van der Waals surface area (Å²) in [7, 11) is 0. The van der Waals surface area contributed by atoms with Crippen LogP contribution in [0, 0.1) is 5.82 Å². The molecule has 0 saturated carbocycles. The quantitative estimate of drug-likeness (QED) is 0.863. The lowest BCUT2D eigenvalue weighted by molar-refractivity contribution is -0.118. The summed E-state index contributed by atoms with van der Waals surface area (Å²) in [6, 6.07) is 12.7. The summed E-state index contributed by atoms with van der Waals surface area (Å²) in [5.41, 5.74) is 6.95. The van der Waals surface area contributed by atoms with Crippen LogP contribution in [0.4, 0.5) is 4.39 Å². The molecule has 0 aliphatic carbocycles. The topological polar surface area (TPSA) is 64.7 Å². The third-order valence-electron chi connectivity index (χ3n) is 2.91. The van der Waals surface area contributed by atoms with E-state index in [-0.39, 0.29) is 18.3 Å². The van der Waals surface area contributed by atoms with E-state index >= 15 is 0 Å². The molecule has 2 aromatic carbocycles. The molecule has 0 saturated heterocycles. The van der Waals surface area contributed by atoms with Crippen molar-refractivity contribution in [2.24, 2.45) is 10.7 Å². The smallest absolute Gasteiger partial charge is 0.262 e. The monoisotopic (exact) mass is 300 g/mol. The van der Waals surface area contributed by atoms with E-state index in [0.29, 0.717) is 5.75 Å². The number of aliphatic imine (C=N–C) groups is 1. The number of nitrogens with zero attached hydrogens (tertiary/aromatic N) is 1. The van der Waals surface area contributed by atoms with Gasteiger partial charge in [0.2, 0.25) is 0 Å². The van der Waals surface area contributed by atoms with Gasteiger partial charge < -0.3 is 10.5 Å². The van der Waals surface area contributed by atoms with Crippen molar-refractivity contribution in [3.05, 3.63) is 65.5 Å². The largest absolute Gasteiger partial charge is 0.489 e. The van der Waals surface area contributed by atoms with Gasteiger partial charge >= 0.3 is 0 Å². The van der Waals surface area contributed by atoms with Crippen molar-refractivity contribution in [3.8, 4) is 5.75 Å². The summed E-state index contributed by atoms with van der Waals surface area (Å²) in [5.74, 6) is -0.00202. The molecule has 0 spiro atoms. The minimum atomic E-state index is -0.606. The van der Waals surface area contributed by atoms with E-state index in [9.17, 15) is 9.18 Å². The van der Waals surface area contributed by atoms with Gasteiger partial charge in [0, 0.05) is 6.21 Å². The van der Waals surface area contributed by atoms with Crippen LogP contribution in [0.3, 0.4) is 0 Å². The number of benzene rings is 2. The summed E-state index contributed by atoms with van der Waals surface area (Å²) in [6.07, 6.45) is 1.46. The number of hydrogen-bond donors (Lipinski definition) is 1. The van der Waals surface area contributed by atoms with Gasteiger partial charge in [-0.2, -0.15) is 0 Å².